The number of aliphatic hydroxyl groups excluding tert-OH is 2. The fourth-order valence-electron chi connectivity index (χ4n) is 2.33. The van der Waals surface area contributed by atoms with Crippen molar-refractivity contribution >= 4 is 22.7 Å². The van der Waals surface area contributed by atoms with Gasteiger partial charge in [0, 0.05) is 23.9 Å². The van der Waals surface area contributed by atoms with Gasteiger partial charge in [0.2, 0.25) is 5.91 Å². The maximum atomic E-state index is 11.8. The van der Waals surface area contributed by atoms with E-state index in [1.165, 1.54) is 12.1 Å². The van der Waals surface area contributed by atoms with Gasteiger partial charge in [0.25, 0.3) is 5.91 Å². The number of H-pyrrole nitrogens is 1. The van der Waals surface area contributed by atoms with Crippen LogP contribution in [0.3, 0.4) is 0 Å². The Morgan fingerprint density at radius 1 is 1.35 bits per heavy atom. The number of hydrogen-bond acceptors (Lipinski definition) is 5. The number of nitrogens with one attached hydrogen (secondary N) is 2. The molecule has 1 heterocycles. The smallest absolute Gasteiger partial charge is 0.265 e. The number of amides is 2. The molecule has 0 spiro atoms. The minimum Gasteiger partial charge on any atom is -0.508 e. The summed E-state index contributed by atoms with van der Waals surface area (Å²) in [4.78, 5) is 26.2. The van der Waals surface area contributed by atoms with Crippen LogP contribution >= 0.6 is 0 Å². The number of aromatic amines is 1. The second-order valence-corrected chi connectivity index (χ2v) is 5.21. The topological polar surface area (TPSA) is 149 Å². The highest BCUT2D eigenvalue weighted by Gasteiger charge is 2.17. The monoisotopic (exact) mass is 321 g/mol. The van der Waals surface area contributed by atoms with E-state index in [0.29, 0.717) is 16.5 Å². The van der Waals surface area contributed by atoms with Crippen LogP contribution in [0.1, 0.15) is 22.5 Å². The van der Waals surface area contributed by atoms with Crippen molar-refractivity contribution in [3.05, 3.63) is 29.5 Å². The lowest BCUT2D eigenvalue weighted by Gasteiger charge is -2.09. The predicted octanol–water partition coefficient (Wildman–Crippen LogP) is -0.626. The molecule has 0 aliphatic rings. The van der Waals surface area contributed by atoms with Crippen LogP contribution < -0.4 is 11.1 Å². The van der Waals surface area contributed by atoms with Crippen molar-refractivity contribution in [2.24, 2.45) is 5.73 Å². The molecular formula is C15H19N3O5. The van der Waals surface area contributed by atoms with E-state index in [2.05, 4.69) is 10.3 Å². The van der Waals surface area contributed by atoms with Gasteiger partial charge in [-0.1, -0.05) is 0 Å². The number of phenols is 1. The van der Waals surface area contributed by atoms with Crippen LogP contribution in [-0.2, 0) is 11.2 Å². The van der Waals surface area contributed by atoms with E-state index >= 15 is 0 Å². The first-order chi connectivity index (χ1) is 10.9. The van der Waals surface area contributed by atoms with E-state index in [4.69, 9.17) is 10.8 Å². The van der Waals surface area contributed by atoms with E-state index in [9.17, 15) is 19.8 Å². The first-order valence-corrected chi connectivity index (χ1v) is 7.11. The fourth-order valence-corrected chi connectivity index (χ4v) is 2.33. The normalized spacial score (nSPS) is 12.3. The number of aromatic hydroxyl groups is 1. The highest BCUT2D eigenvalue weighted by molar-refractivity contribution is 6.00. The molecule has 8 nitrogen and oxygen atoms in total. The van der Waals surface area contributed by atoms with Gasteiger partial charge < -0.3 is 31.4 Å². The van der Waals surface area contributed by atoms with Crippen molar-refractivity contribution in [2.45, 2.75) is 18.9 Å². The van der Waals surface area contributed by atoms with E-state index in [1.807, 2.05) is 0 Å². The van der Waals surface area contributed by atoms with Crippen molar-refractivity contribution in [1.29, 1.82) is 0 Å². The van der Waals surface area contributed by atoms with Crippen LogP contribution in [0.25, 0.3) is 10.9 Å². The Morgan fingerprint density at radius 3 is 2.74 bits per heavy atom. The van der Waals surface area contributed by atoms with E-state index in [1.54, 1.807) is 6.07 Å². The Balaban J connectivity index is 2.15. The van der Waals surface area contributed by atoms with Crippen molar-refractivity contribution in [2.75, 3.05) is 13.2 Å². The summed E-state index contributed by atoms with van der Waals surface area (Å²) in [6, 6.07) is 4.61. The summed E-state index contributed by atoms with van der Waals surface area (Å²) >= 11 is 0. The number of hydrogen-bond donors (Lipinski definition) is 6. The molecule has 0 fully saturated rings. The second-order valence-electron chi connectivity index (χ2n) is 5.21. The first-order valence-electron chi connectivity index (χ1n) is 7.11. The quantitative estimate of drug-likeness (QED) is 0.402. The van der Waals surface area contributed by atoms with Gasteiger partial charge in [0.15, 0.2) is 0 Å². The maximum Gasteiger partial charge on any atom is 0.265 e. The molecule has 2 amide bonds. The molecule has 124 valence electrons. The number of carbonyl (C=O) groups is 2. The van der Waals surface area contributed by atoms with Gasteiger partial charge in [-0.15, -0.1) is 0 Å². The van der Waals surface area contributed by atoms with Crippen LogP contribution in [0.4, 0.5) is 0 Å². The summed E-state index contributed by atoms with van der Waals surface area (Å²) in [6.45, 7) is -0.486. The van der Waals surface area contributed by atoms with Gasteiger partial charge in [0.1, 0.15) is 11.4 Å². The SMILES string of the molecule is NC(=O)c1[nH]c2ccc(O)cc2c1CCC(=O)NC[C@H](O)CO. The zero-order chi connectivity index (χ0) is 17.0. The molecule has 0 bridgehead atoms. The third kappa shape index (κ3) is 3.99. The lowest BCUT2D eigenvalue weighted by Crippen LogP contribution is -2.34. The summed E-state index contributed by atoms with van der Waals surface area (Å²) in [5, 5.41) is 30.6. The zero-order valence-electron chi connectivity index (χ0n) is 12.4. The van der Waals surface area contributed by atoms with Crippen molar-refractivity contribution < 1.29 is 24.9 Å². The van der Waals surface area contributed by atoms with Gasteiger partial charge >= 0.3 is 0 Å². The largest absolute Gasteiger partial charge is 0.508 e. The molecule has 0 unspecified atom stereocenters. The first kappa shape index (κ1) is 16.8. The Kier molecular flexibility index (Phi) is 5.20. The third-order valence-corrected chi connectivity index (χ3v) is 3.48. The molecule has 2 aromatic rings. The van der Waals surface area contributed by atoms with Gasteiger partial charge in [-0.2, -0.15) is 0 Å². The van der Waals surface area contributed by atoms with Gasteiger partial charge in [-0.3, -0.25) is 9.59 Å². The summed E-state index contributed by atoms with van der Waals surface area (Å²) in [6.07, 6.45) is -0.700. The number of nitrogens with two attached hydrogens (primary N) is 1. The summed E-state index contributed by atoms with van der Waals surface area (Å²) < 4.78 is 0. The molecule has 23 heavy (non-hydrogen) atoms. The van der Waals surface area contributed by atoms with E-state index < -0.39 is 18.6 Å². The third-order valence-electron chi connectivity index (χ3n) is 3.48. The van der Waals surface area contributed by atoms with Crippen LogP contribution in [0.5, 0.6) is 5.75 Å². The summed E-state index contributed by atoms with van der Waals surface area (Å²) in [5.74, 6) is -0.932. The number of aliphatic hydroxyl groups is 2. The Labute approximate surface area is 131 Å². The standard InChI is InChI=1S/C15H19N3O5/c16-15(23)14-10(2-4-13(22)17-6-9(21)7-19)11-5-8(20)1-3-12(11)18-14/h1,3,5,9,18-21H,2,4,6-7H2,(H2,16,23)(H,17,22)/t9-/m0/s1. The number of benzene rings is 1. The number of carbonyl (C=O) groups excluding carboxylic acids is 2. The molecule has 0 aliphatic carbocycles. The number of rotatable bonds is 7. The zero-order valence-corrected chi connectivity index (χ0v) is 12.4. The second kappa shape index (κ2) is 7.12. The Hall–Kier alpha value is -2.58. The van der Waals surface area contributed by atoms with Gasteiger partial charge in [-0.25, -0.2) is 0 Å². The van der Waals surface area contributed by atoms with Crippen LogP contribution in [0, 0.1) is 0 Å². The molecular weight excluding hydrogens is 302 g/mol. The molecule has 0 saturated carbocycles. The van der Waals surface area contributed by atoms with Crippen molar-refractivity contribution in [3.8, 4) is 5.75 Å². The minimum absolute atomic E-state index is 0.0456. The molecule has 7 N–H and O–H groups in total. The van der Waals surface area contributed by atoms with Crippen LogP contribution in [0.15, 0.2) is 18.2 Å². The number of primary amides is 1. The Bertz CT molecular complexity index is 725. The molecule has 0 aliphatic heterocycles. The van der Waals surface area contributed by atoms with Crippen LogP contribution in [0.2, 0.25) is 0 Å². The minimum atomic E-state index is -1.01. The molecule has 0 saturated heterocycles. The number of aromatic nitrogens is 1. The molecule has 0 radical (unpaired) electrons. The number of aryl methyl sites for hydroxylation is 1. The van der Waals surface area contributed by atoms with Gasteiger partial charge in [-0.05, 0) is 30.2 Å². The van der Waals surface area contributed by atoms with Gasteiger partial charge in [0.05, 0.1) is 12.7 Å². The van der Waals surface area contributed by atoms with Crippen molar-refractivity contribution in [1.82, 2.24) is 10.3 Å². The van der Waals surface area contributed by atoms with Crippen LogP contribution in [-0.4, -0.2) is 51.4 Å². The maximum absolute atomic E-state index is 11.8. The number of fused-ring (bicyclic) bond motifs is 1. The molecule has 1 aromatic carbocycles. The lowest BCUT2D eigenvalue weighted by molar-refractivity contribution is -0.121. The summed E-state index contributed by atoms with van der Waals surface area (Å²) in [5.41, 5.74) is 6.75. The lowest BCUT2D eigenvalue weighted by atomic mass is 10.0. The average Bonchev–Trinajstić information content (AvgIpc) is 2.88. The Morgan fingerprint density at radius 2 is 2.09 bits per heavy atom. The predicted molar refractivity (Wildman–Crippen MR) is 82.9 cm³/mol. The molecule has 8 heteroatoms. The molecule has 1 aromatic heterocycles. The molecule has 1 atom stereocenters. The molecule has 2 rings (SSSR count). The highest BCUT2D eigenvalue weighted by Crippen LogP contribution is 2.27. The fraction of sp³-hybridized carbons (Fsp3) is 0.333. The van der Waals surface area contributed by atoms with Crippen molar-refractivity contribution in [3.63, 3.8) is 0 Å². The number of phenolic OH excluding ortho intramolecular Hbond substituents is 1. The highest BCUT2D eigenvalue weighted by atomic mass is 16.3. The van der Waals surface area contributed by atoms with E-state index in [0.717, 1.165) is 0 Å². The summed E-state index contributed by atoms with van der Waals surface area (Å²) in [7, 11) is 0. The van der Waals surface area contributed by atoms with E-state index in [-0.39, 0.29) is 36.7 Å². The average molecular weight is 321 g/mol.